The number of nitrogen functional groups attached to an aromatic ring is 2. The molecular formula is C34H26N6O14S4. The lowest BCUT2D eigenvalue weighted by Gasteiger charge is -2.09. The van der Waals surface area contributed by atoms with Gasteiger partial charge in [-0.25, -0.2) is 0 Å². The molecule has 10 N–H and O–H groups in total. The van der Waals surface area contributed by atoms with Gasteiger partial charge in [0.25, 0.3) is 40.5 Å². The minimum absolute atomic E-state index is 0.0169. The Hall–Kier alpha value is -6.38. The first-order valence-electron chi connectivity index (χ1n) is 15.7. The van der Waals surface area contributed by atoms with Crippen molar-refractivity contribution in [2.75, 3.05) is 11.5 Å². The van der Waals surface area contributed by atoms with Crippen molar-refractivity contribution in [3.8, 4) is 11.5 Å². The monoisotopic (exact) mass is 870 g/mol. The molecule has 0 saturated carbocycles. The second kappa shape index (κ2) is 14.8. The van der Waals surface area contributed by atoms with Gasteiger partial charge >= 0.3 is 0 Å². The normalized spacial score (nSPS) is 13.1. The van der Waals surface area contributed by atoms with E-state index in [4.69, 9.17) is 11.5 Å². The number of fused-ring (bicyclic) bond motifs is 2. The third-order valence-corrected chi connectivity index (χ3v) is 11.8. The van der Waals surface area contributed by atoms with Gasteiger partial charge in [0.05, 0.1) is 32.5 Å². The minimum atomic E-state index is -4.99. The molecule has 0 radical (unpaired) electrons. The highest BCUT2D eigenvalue weighted by Gasteiger charge is 2.21. The highest BCUT2D eigenvalue weighted by atomic mass is 32.2. The molecule has 58 heavy (non-hydrogen) atoms. The summed E-state index contributed by atoms with van der Waals surface area (Å²) in [6, 6.07) is 15.5. The van der Waals surface area contributed by atoms with E-state index in [2.05, 4.69) is 20.5 Å². The number of anilines is 2. The van der Waals surface area contributed by atoms with Crippen LogP contribution < -0.4 is 11.5 Å². The molecule has 0 aliphatic heterocycles. The second-order valence-corrected chi connectivity index (χ2v) is 17.8. The topological polar surface area (TPSA) is 359 Å². The molecule has 6 aromatic carbocycles. The first-order chi connectivity index (χ1) is 26.9. The van der Waals surface area contributed by atoms with Gasteiger partial charge in [-0.1, -0.05) is 24.3 Å². The third-order valence-electron chi connectivity index (χ3n) is 8.29. The van der Waals surface area contributed by atoms with Gasteiger partial charge in [-0.05, 0) is 71.8 Å². The quantitative estimate of drug-likeness (QED) is 0.0313. The minimum Gasteiger partial charge on any atom is -0.507 e. The maximum absolute atomic E-state index is 12.4. The lowest BCUT2D eigenvalue weighted by molar-refractivity contribution is 0.470. The Morgan fingerprint density at radius 3 is 1.14 bits per heavy atom. The fourth-order valence-corrected chi connectivity index (χ4v) is 8.13. The summed E-state index contributed by atoms with van der Waals surface area (Å²) in [5.41, 5.74) is 11.1. The highest BCUT2D eigenvalue weighted by Crippen LogP contribution is 2.41. The molecular weight excluding hydrogens is 845 g/mol. The molecule has 6 rings (SSSR count). The zero-order valence-corrected chi connectivity index (χ0v) is 32.0. The molecule has 300 valence electrons. The van der Waals surface area contributed by atoms with E-state index in [1.807, 2.05) is 0 Å². The van der Waals surface area contributed by atoms with Crippen molar-refractivity contribution in [3.63, 3.8) is 0 Å². The molecule has 0 amide bonds. The average Bonchev–Trinajstić information content (AvgIpc) is 3.12. The summed E-state index contributed by atoms with van der Waals surface area (Å²) in [5, 5.41) is 36.6. The third kappa shape index (κ3) is 8.62. The van der Waals surface area contributed by atoms with Gasteiger partial charge in [-0.3, -0.25) is 18.2 Å². The molecule has 0 aliphatic rings. The molecule has 0 aliphatic carbocycles. The highest BCUT2D eigenvalue weighted by molar-refractivity contribution is 7.86. The fraction of sp³-hybridized carbons (Fsp3) is 0. The largest absolute Gasteiger partial charge is 0.507 e. The SMILES string of the molecule is Nc1ccc(N=Nc2ccc(/C=C/c3ccc(N=Nc4ccc(N)c5c(O)cc(S(=O)(=O)O)cc45)cc3S(=O)(=O)O)c(S(=O)(=O)O)c2)c2cc(S(=O)(=O)O)cc(O)c12. The number of nitrogens with two attached hydrogens (primary N) is 2. The van der Waals surface area contributed by atoms with Crippen molar-refractivity contribution in [2.45, 2.75) is 19.6 Å². The molecule has 0 spiro atoms. The molecule has 0 heterocycles. The number of phenolic OH excluding ortho intramolecular Hbond substituents is 2. The Kier molecular flexibility index (Phi) is 10.6. The molecule has 6 aromatic rings. The van der Waals surface area contributed by atoms with E-state index in [1.165, 1.54) is 48.5 Å². The molecule has 0 bridgehead atoms. The van der Waals surface area contributed by atoms with E-state index in [0.29, 0.717) is 0 Å². The van der Waals surface area contributed by atoms with E-state index in [9.17, 15) is 62.1 Å². The molecule has 20 nitrogen and oxygen atoms in total. The van der Waals surface area contributed by atoms with Gasteiger partial charge < -0.3 is 21.7 Å². The van der Waals surface area contributed by atoms with Crippen molar-refractivity contribution >= 4 is 108 Å². The van der Waals surface area contributed by atoms with Crippen molar-refractivity contribution in [2.24, 2.45) is 20.5 Å². The summed E-state index contributed by atoms with van der Waals surface area (Å²) in [4.78, 5) is -2.78. The van der Waals surface area contributed by atoms with E-state index in [0.717, 1.165) is 48.6 Å². The van der Waals surface area contributed by atoms with Crippen molar-refractivity contribution in [1.82, 2.24) is 0 Å². The van der Waals surface area contributed by atoms with Crippen LogP contribution in [0.3, 0.4) is 0 Å². The van der Waals surface area contributed by atoms with Crippen LogP contribution in [0.25, 0.3) is 33.7 Å². The number of nitrogens with zero attached hydrogens (tertiary/aromatic N) is 4. The second-order valence-electron chi connectivity index (χ2n) is 12.2. The van der Waals surface area contributed by atoms with Crippen molar-refractivity contribution < 1.29 is 62.1 Å². The van der Waals surface area contributed by atoms with Crippen LogP contribution in [0.4, 0.5) is 34.1 Å². The van der Waals surface area contributed by atoms with Crippen LogP contribution in [-0.4, -0.2) is 62.1 Å². The van der Waals surface area contributed by atoms with Crippen molar-refractivity contribution in [3.05, 3.63) is 96.1 Å². The Morgan fingerprint density at radius 1 is 0.448 bits per heavy atom. The number of aromatic hydroxyl groups is 2. The lowest BCUT2D eigenvalue weighted by atomic mass is 10.1. The fourth-order valence-electron chi connectivity index (χ4n) is 5.66. The van der Waals surface area contributed by atoms with Gasteiger partial charge in [0.2, 0.25) is 0 Å². The molecule has 0 fully saturated rings. The van der Waals surface area contributed by atoms with Gasteiger partial charge in [0.15, 0.2) is 0 Å². The lowest BCUT2D eigenvalue weighted by Crippen LogP contribution is -2.01. The number of phenols is 2. The molecule has 24 heteroatoms. The van der Waals surface area contributed by atoms with Gasteiger partial charge in [0, 0.05) is 45.1 Å². The number of azo groups is 2. The number of hydrogen-bond donors (Lipinski definition) is 8. The van der Waals surface area contributed by atoms with Crippen LogP contribution in [0.2, 0.25) is 0 Å². The maximum atomic E-state index is 12.4. The van der Waals surface area contributed by atoms with Crippen LogP contribution in [0.5, 0.6) is 11.5 Å². The number of rotatable bonds is 10. The smallest absolute Gasteiger partial charge is 0.295 e. The standard InChI is InChI=1S/C34H26N6O14S4/c35-25-7-9-27(23-13-21(55(43,44)45)15-29(41)33(23)25)39-37-19-5-3-17(31(11-19)57(49,50)51)1-2-18-4-6-20(12-32(18)58(52,53)54)38-40-28-10-8-26(36)34-24(28)14-22(16-30(34)42)56(46,47)48/h1-16,41-42H,35-36H2,(H,43,44,45)(H,46,47,48)(H,49,50,51)(H,52,53,54)/b2-1+,39-37?,40-38?. The Balaban J connectivity index is 1.35. The van der Waals surface area contributed by atoms with E-state index < -0.39 is 71.6 Å². The molecule has 0 saturated heterocycles. The molecule has 0 atom stereocenters. The number of benzene rings is 6. The predicted molar refractivity (Wildman–Crippen MR) is 209 cm³/mol. The predicted octanol–water partition coefficient (Wildman–Crippen LogP) is 6.56. The van der Waals surface area contributed by atoms with Crippen LogP contribution in [0.1, 0.15) is 11.1 Å². The van der Waals surface area contributed by atoms with E-state index in [-0.39, 0.29) is 66.8 Å². The zero-order chi connectivity index (χ0) is 42.5. The summed E-state index contributed by atoms with van der Waals surface area (Å²) in [7, 11) is -19.5. The molecule has 0 aromatic heterocycles. The zero-order valence-electron chi connectivity index (χ0n) is 28.8. The van der Waals surface area contributed by atoms with Gasteiger partial charge in [-0.2, -0.15) is 43.9 Å². The summed E-state index contributed by atoms with van der Waals surface area (Å²) >= 11 is 0. The van der Waals surface area contributed by atoms with Crippen LogP contribution in [0.15, 0.2) is 125 Å². The summed E-state index contributed by atoms with van der Waals surface area (Å²) < 4.78 is 136. The summed E-state index contributed by atoms with van der Waals surface area (Å²) in [5.74, 6) is -1.18. The van der Waals surface area contributed by atoms with E-state index in [1.54, 1.807) is 0 Å². The maximum Gasteiger partial charge on any atom is 0.295 e. The van der Waals surface area contributed by atoms with Crippen LogP contribution >= 0.6 is 0 Å². The van der Waals surface area contributed by atoms with Crippen molar-refractivity contribution in [1.29, 1.82) is 0 Å². The Bertz CT molecular complexity index is 3060. The Labute approximate surface area is 328 Å². The average molecular weight is 871 g/mol. The first-order valence-corrected chi connectivity index (χ1v) is 21.5. The van der Waals surface area contributed by atoms with Gasteiger partial charge in [0.1, 0.15) is 21.3 Å². The van der Waals surface area contributed by atoms with Gasteiger partial charge in [-0.15, -0.1) is 10.2 Å². The molecule has 0 unspecified atom stereocenters. The van der Waals surface area contributed by atoms with E-state index >= 15 is 0 Å². The first kappa shape index (κ1) is 41.3. The van der Waals surface area contributed by atoms with Crippen LogP contribution in [0, 0.1) is 0 Å². The number of hydrogen-bond acceptors (Lipinski definition) is 16. The summed E-state index contributed by atoms with van der Waals surface area (Å²) in [6.45, 7) is 0. The van der Waals surface area contributed by atoms with Crippen LogP contribution in [-0.2, 0) is 40.5 Å². The summed E-state index contributed by atoms with van der Waals surface area (Å²) in [6.07, 6.45) is 2.20. The Morgan fingerprint density at radius 2 is 0.810 bits per heavy atom.